The first kappa shape index (κ1) is 18.3. The fourth-order valence-electron chi connectivity index (χ4n) is 1.84. The molecule has 16 heavy (non-hydrogen) atoms. The maximum Gasteiger partial charge on any atom is 0.0978 e. The fourth-order valence-corrected chi connectivity index (χ4v) is 1.84. The lowest BCUT2D eigenvalue weighted by atomic mass is 9.78. The van der Waals surface area contributed by atoms with Crippen molar-refractivity contribution in [2.24, 2.45) is 5.41 Å². The van der Waals surface area contributed by atoms with E-state index in [-0.39, 0.29) is 24.4 Å². The lowest BCUT2D eigenvalue weighted by molar-refractivity contribution is -0.0536. The molecule has 3 heteroatoms. The van der Waals surface area contributed by atoms with Gasteiger partial charge in [-0.15, -0.1) is 0 Å². The van der Waals surface area contributed by atoms with Crippen molar-refractivity contribution in [1.82, 2.24) is 4.90 Å². The minimum Gasteiger partial charge on any atom is -0.381 e. The minimum atomic E-state index is -0.164. The molecule has 0 amide bonds. The molecule has 2 N–H and O–H groups in total. The van der Waals surface area contributed by atoms with Crippen molar-refractivity contribution < 1.29 is 10.2 Å². The molecular formula is C13H31NO2. The van der Waals surface area contributed by atoms with Crippen LogP contribution in [0.3, 0.4) is 0 Å². The summed E-state index contributed by atoms with van der Waals surface area (Å²) >= 11 is 0. The zero-order valence-electron chi connectivity index (χ0n) is 12.2. The molecule has 0 saturated heterocycles. The Bertz CT molecular complexity index is 163. The molecule has 100 valence electrons. The number of aliphatic hydroxyl groups excluding tert-OH is 2. The lowest BCUT2D eigenvalue weighted by Gasteiger charge is -2.41. The molecule has 0 aliphatic heterocycles. The Morgan fingerprint density at radius 3 is 1.56 bits per heavy atom. The van der Waals surface area contributed by atoms with E-state index >= 15 is 0 Å². The third kappa shape index (κ3) is 6.46. The van der Waals surface area contributed by atoms with Gasteiger partial charge in [-0.05, 0) is 25.7 Å². The first-order valence-corrected chi connectivity index (χ1v) is 6.26. The molecule has 0 aliphatic carbocycles. The average molecular weight is 233 g/mol. The van der Waals surface area contributed by atoms with Gasteiger partial charge < -0.3 is 10.2 Å². The van der Waals surface area contributed by atoms with Gasteiger partial charge in [0.15, 0.2) is 0 Å². The summed E-state index contributed by atoms with van der Waals surface area (Å²) in [5.41, 5.74) is 0.0785. The van der Waals surface area contributed by atoms with E-state index in [1.54, 1.807) is 4.90 Å². The first-order chi connectivity index (χ1) is 7.29. The van der Waals surface area contributed by atoms with Crippen LogP contribution < -0.4 is 0 Å². The Labute approximate surface area is 101 Å². The molecule has 0 radical (unpaired) electrons. The molecule has 0 aromatic heterocycles. The second-order valence-corrected chi connectivity index (χ2v) is 5.33. The zero-order valence-corrected chi connectivity index (χ0v) is 12.2. The Morgan fingerprint density at radius 1 is 0.938 bits per heavy atom. The summed E-state index contributed by atoms with van der Waals surface area (Å²) in [5.74, 6) is 0. The topological polar surface area (TPSA) is 43.7 Å². The molecule has 0 atom stereocenters. The second-order valence-electron chi connectivity index (χ2n) is 5.33. The number of aliphatic hydroxyl groups is 2. The van der Waals surface area contributed by atoms with Gasteiger partial charge in [0, 0.05) is 5.54 Å². The van der Waals surface area contributed by atoms with Gasteiger partial charge in [0.2, 0.25) is 0 Å². The highest BCUT2D eigenvalue weighted by molar-refractivity contribution is 4.85. The third-order valence-electron chi connectivity index (χ3n) is 3.07. The van der Waals surface area contributed by atoms with Crippen molar-refractivity contribution >= 4 is 0 Å². The molecule has 0 spiro atoms. The van der Waals surface area contributed by atoms with E-state index in [1.807, 2.05) is 13.8 Å². The Morgan fingerprint density at radius 2 is 1.31 bits per heavy atom. The summed E-state index contributed by atoms with van der Waals surface area (Å²) in [6, 6.07) is 0. The van der Waals surface area contributed by atoms with E-state index in [2.05, 4.69) is 34.6 Å². The van der Waals surface area contributed by atoms with Crippen molar-refractivity contribution in [1.29, 1.82) is 0 Å². The predicted octanol–water partition coefficient (Wildman–Crippen LogP) is 2.82. The smallest absolute Gasteiger partial charge is 0.0978 e. The quantitative estimate of drug-likeness (QED) is 0.693. The maximum atomic E-state index is 9.10. The van der Waals surface area contributed by atoms with Crippen LogP contribution in [0.25, 0.3) is 0 Å². The summed E-state index contributed by atoms with van der Waals surface area (Å²) in [7, 11) is 0. The third-order valence-corrected chi connectivity index (χ3v) is 3.07. The van der Waals surface area contributed by atoms with Gasteiger partial charge in [-0.25, -0.2) is 0 Å². The van der Waals surface area contributed by atoms with Crippen molar-refractivity contribution in [3.63, 3.8) is 0 Å². The van der Waals surface area contributed by atoms with E-state index in [0.29, 0.717) is 0 Å². The Kier molecular flexibility index (Phi) is 9.17. The van der Waals surface area contributed by atoms with Gasteiger partial charge in [-0.3, -0.25) is 4.90 Å². The van der Waals surface area contributed by atoms with Gasteiger partial charge in [0.05, 0.1) is 13.5 Å². The maximum absolute atomic E-state index is 9.10. The number of hydrogen-bond acceptors (Lipinski definition) is 3. The van der Waals surface area contributed by atoms with Crippen LogP contribution in [0.5, 0.6) is 0 Å². The van der Waals surface area contributed by atoms with Crippen molar-refractivity contribution in [2.75, 3.05) is 13.5 Å². The zero-order chi connectivity index (χ0) is 13.4. The molecule has 0 rings (SSSR count). The van der Waals surface area contributed by atoms with Crippen molar-refractivity contribution in [3.8, 4) is 0 Å². The highest BCUT2D eigenvalue weighted by Crippen LogP contribution is 2.33. The monoisotopic (exact) mass is 233 g/mol. The molecule has 0 unspecified atom stereocenters. The fraction of sp³-hybridized carbons (Fsp3) is 1.00. The lowest BCUT2D eigenvalue weighted by Crippen LogP contribution is -2.47. The highest BCUT2D eigenvalue weighted by Gasteiger charge is 2.32. The van der Waals surface area contributed by atoms with Crippen LogP contribution in [0.2, 0.25) is 0 Å². The number of nitrogens with zero attached hydrogens (tertiary/aromatic N) is 1. The molecule has 0 fully saturated rings. The highest BCUT2D eigenvalue weighted by atomic mass is 16.3. The van der Waals surface area contributed by atoms with Crippen LogP contribution in [-0.4, -0.2) is 34.1 Å². The Hall–Kier alpha value is -0.120. The van der Waals surface area contributed by atoms with Gasteiger partial charge in [0.25, 0.3) is 0 Å². The standard InChI is InChI=1S/C11H25NO2.C2H6/c1-6-10(2,3)7-11(4,5)12(8-13)9-14;1-2/h13-14H,6-9H2,1-5H3;1-2H3. The van der Waals surface area contributed by atoms with E-state index in [0.717, 1.165) is 12.8 Å². The van der Waals surface area contributed by atoms with E-state index in [1.165, 1.54) is 0 Å². The molecule has 3 nitrogen and oxygen atoms in total. The molecule has 0 aliphatic rings. The summed E-state index contributed by atoms with van der Waals surface area (Å²) in [5, 5.41) is 18.2. The molecule has 0 bridgehead atoms. The summed E-state index contributed by atoms with van der Waals surface area (Å²) < 4.78 is 0. The van der Waals surface area contributed by atoms with Gasteiger partial charge >= 0.3 is 0 Å². The number of rotatable bonds is 6. The summed E-state index contributed by atoms with van der Waals surface area (Å²) in [6.07, 6.45) is 2.05. The molecule has 0 heterocycles. The SMILES string of the molecule is CC.CCC(C)(C)CC(C)(C)N(CO)CO. The first-order valence-electron chi connectivity index (χ1n) is 6.26. The van der Waals surface area contributed by atoms with Crippen molar-refractivity contribution in [3.05, 3.63) is 0 Å². The molecule has 0 aromatic rings. The van der Waals surface area contributed by atoms with Crippen LogP contribution in [-0.2, 0) is 0 Å². The number of hydrogen-bond donors (Lipinski definition) is 2. The van der Waals surface area contributed by atoms with E-state index in [4.69, 9.17) is 10.2 Å². The average Bonchev–Trinajstić information content (AvgIpc) is 2.20. The van der Waals surface area contributed by atoms with E-state index in [9.17, 15) is 0 Å². The second kappa shape index (κ2) is 8.04. The summed E-state index contributed by atoms with van der Waals surface area (Å²) in [4.78, 5) is 1.67. The van der Waals surface area contributed by atoms with Gasteiger partial charge in [-0.2, -0.15) is 0 Å². The minimum absolute atomic E-state index is 0.0940. The molecular weight excluding hydrogens is 202 g/mol. The van der Waals surface area contributed by atoms with Crippen LogP contribution in [0.4, 0.5) is 0 Å². The van der Waals surface area contributed by atoms with Crippen LogP contribution >= 0.6 is 0 Å². The predicted molar refractivity (Wildman–Crippen MR) is 70.1 cm³/mol. The van der Waals surface area contributed by atoms with Crippen LogP contribution in [0, 0.1) is 5.41 Å². The summed E-state index contributed by atoms with van der Waals surface area (Å²) in [6.45, 7) is 14.5. The van der Waals surface area contributed by atoms with Crippen LogP contribution in [0.1, 0.15) is 61.3 Å². The van der Waals surface area contributed by atoms with Crippen molar-refractivity contribution in [2.45, 2.75) is 66.8 Å². The molecule has 0 saturated carbocycles. The normalized spacial score (nSPS) is 12.4. The van der Waals surface area contributed by atoms with Gasteiger partial charge in [-0.1, -0.05) is 41.0 Å². The largest absolute Gasteiger partial charge is 0.381 e. The Balaban J connectivity index is 0. The molecule has 0 aromatic carbocycles. The van der Waals surface area contributed by atoms with Gasteiger partial charge in [0.1, 0.15) is 0 Å². The van der Waals surface area contributed by atoms with E-state index < -0.39 is 0 Å². The van der Waals surface area contributed by atoms with Crippen LogP contribution in [0.15, 0.2) is 0 Å².